The number of carbonyl (C=O) groups is 1. The summed E-state index contributed by atoms with van der Waals surface area (Å²) >= 11 is 1.66. The molecule has 0 aliphatic carbocycles. The van der Waals surface area contributed by atoms with Crippen LogP contribution in [0.3, 0.4) is 0 Å². The Morgan fingerprint density at radius 1 is 1.35 bits per heavy atom. The van der Waals surface area contributed by atoms with Crippen molar-refractivity contribution in [3.63, 3.8) is 0 Å². The van der Waals surface area contributed by atoms with Gasteiger partial charge in [-0.15, -0.1) is 11.8 Å². The average Bonchev–Trinajstić information content (AvgIpc) is 2.30. The van der Waals surface area contributed by atoms with E-state index < -0.39 is 5.97 Å². The topological polar surface area (TPSA) is 37.3 Å². The number of hydrogen-bond donors (Lipinski definition) is 1. The first-order valence-corrected chi connectivity index (χ1v) is 7.13. The van der Waals surface area contributed by atoms with Gasteiger partial charge in [-0.2, -0.15) is 0 Å². The molecule has 96 valence electrons. The molecule has 0 fully saturated rings. The second kappa shape index (κ2) is 9.11. The largest absolute Gasteiger partial charge is 0.481 e. The molecule has 1 aromatic rings. The van der Waals surface area contributed by atoms with E-state index in [4.69, 9.17) is 5.11 Å². The minimum atomic E-state index is -0.735. The molecule has 1 unspecified atom stereocenters. The maximum absolute atomic E-state index is 10.7. The van der Waals surface area contributed by atoms with Gasteiger partial charge in [-0.1, -0.05) is 45.4 Å². The Kier molecular flexibility index (Phi) is 8.60. The second-order valence-corrected chi connectivity index (χ2v) is 4.81. The van der Waals surface area contributed by atoms with E-state index in [0.717, 1.165) is 5.56 Å². The van der Waals surface area contributed by atoms with E-state index in [1.54, 1.807) is 18.7 Å². The number of carboxylic acids is 1. The number of aliphatic carboxylic acids is 1. The van der Waals surface area contributed by atoms with Crippen LogP contribution in [0, 0.1) is 5.92 Å². The Morgan fingerprint density at radius 2 is 1.88 bits per heavy atom. The molecule has 1 atom stereocenters. The van der Waals surface area contributed by atoms with Crippen molar-refractivity contribution < 1.29 is 9.90 Å². The Bertz CT molecular complexity index is 337. The van der Waals surface area contributed by atoms with Crippen LogP contribution in [0.2, 0.25) is 0 Å². The quantitative estimate of drug-likeness (QED) is 0.822. The molecule has 0 aliphatic rings. The first kappa shape index (κ1) is 16.0. The molecule has 0 saturated carbocycles. The molecule has 0 bridgehead atoms. The molecule has 1 N–H and O–H groups in total. The zero-order valence-electron chi connectivity index (χ0n) is 11.1. The summed E-state index contributed by atoms with van der Waals surface area (Å²) in [5, 5.41) is 8.80. The maximum Gasteiger partial charge on any atom is 0.306 e. The van der Waals surface area contributed by atoms with Gasteiger partial charge < -0.3 is 5.11 Å². The lowest BCUT2D eigenvalue weighted by Gasteiger charge is -2.09. The van der Waals surface area contributed by atoms with Gasteiger partial charge >= 0.3 is 5.97 Å². The standard InChI is InChI=1S/C11H14O2S.C3H8/c1-8(11(12)13)7-9-5-3-4-6-10(9)14-2;1-3-2/h3-6,8H,7H2,1-2H3,(H,12,13);3H2,1-2H3. The van der Waals surface area contributed by atoms with E-state index in [0.29, 0.717) is 6.42 Å². The molecule has 1 rings (SSSR count). The van der Waals surface area contributed by atoms with Gasteiger partial charge in [0.05, 0.1) is 5.92 Å². The van der Waals surface area contributed by atoms with E-state index in [-0.39, 0.29) is 5.92 Å². The number of rotatable bonds is 4. The Hall–Kier alpha value is -0.960. The minimum absolute atomic E-state index is 0.316. The number of carboxylic acid groups (broad SMARTS) is 1. The van der Waals surface area contributed by atoms with Gasteiger partial charge in [0.25, 0.3) is 0 Å². The maximum atomic E-state index is 10.7. The first-order valence-electron chi connectivity index (χ1n) is 5.91. The molecule has 0 aromatic heterocycles. The number of benzene rings is 1. The van der Waals surface area contributed by atoms with Gasteiger partial charge in [0, 0.05) is 4.90 Å². The van der Waals surface area contributed by atoms with Crippen LogP contribution < -0.4 is 0 Å². The van der Waals surface area contributed by atoms with Crippen molar-refractivity contribution in [2.75, 3.05) is 6.26 Å². The van der Waals surface area contributed by atoms with Crippen LogP contribution in [0.15, 0.2) is 29.2 Å². The molecule has 0 aliphatic heterocycles. The third kappa shape index (κ3) is 6.37. The fraction of sp³-hybridized carbons (Fsp3) is 0.500. The lowest BCUT2D eigenvalue weighted by molar-refractivity contribution is -0.141. The zero-order valence-corrected chi connectivity index (χ0v) is 11.9. The van der Waals surface area contributed by atoms with Crippen molar-refractivity contribution in [3.05, 3.63) is 29.8 Å². The Morgan fingerprint density at radius 3 is 2.35 bits per heavy atom. The highest BCUT2D eigenvalue weighted by atomic mass is 32.2. The van der Waals surface area contributed by atoms with E-state index in [9.17, 15) is 4.79 Å². The van der Waals surface area contributed by atoms with Gasteiger partial charge in [-0.05, 0) is 24.3 Å². The van der Waals surface area contributed by atoms with Crippen molar-refractivity contribution in [1.29, 1.82) is 0 Å². The fourth-order valence-electron chi connectivity index (χ4n) is 1.29. The van der Waals surface area contributed by atoms with Crippen molar-refractivity contribution in [2.45, 2.75) is 38.5 Å². The molecule has 0 saturated heterocycles. The van der Waals surface area contributed by atoms with Crippen molar-refractivity contribution in [2.24, 2.45) is 5.92 Å². The lowest BCUT2D eigenvalue weighted by atomic mass is 10.0. The highest BCUT2D eigenvalue weighted by Crippen LogP contribution is 2.22. The third-order valence-electron chi connectivity index (χ3n) is 2.14. The summed E-state index contributed by atoms with van der Waals surface area (Å²) in [6, 6.07) is 7.93. The summed E-state index contributed by atoms with van der Waals surface area (Å²) in [7, 11) is 0. The summed E-state index contributed by atoms with van der Waals surface area (Å²) in [5.74, 6) is -1.05. The number of hydrogen-bond acceptors (Lipinski definition) is 2. The predicted molar refractivity (Wildman–Crippen MR) is 74.7 cm³/mol. The molecule has 0 spiro atoms. The SMILES string of the molecule is CCC.CSc1ccccc1CC(C)C(=O)O. The fourth-order valence-corrected chi connectivity index (χ4v) is 1.92. The molecule has 0 heterocycles. The van der Waals surface area contributed by atoms with Crippen molar-refractivity contribution in [1.82, 2.24) is 0 Å². The minimum Gasteiger partial charge on any atom is -0.481 e. The van der Waals surface area contributed by atoms with E-state index >= 15 is 0 Å². The third-order valence-corrected chi connectivity index (χ3v) is 2.98. The van der Waals surface area contributed by atoms with E-state index in [1.807, 2.05) is 30.5 Å². The molecule has 0 amide bonds. The molecule has 1 aromatic carbocycles. The summed E-state index contributed by atoms with van der Waals surface area (Å²) in [4.78, 5) is 11.9. The van der Waals surface area contributed by atoms with Crippen molar-refractivity contribution in [3.8, 4) is 0 Å². The van der Waals surface area contributed by atoms with Crippen LogP contribution in [0.4, 0.5) is 0 Å². The summed E-state index contributed by atoms with van der Waals surface area (Å²) < 4.78 is 0. The van der Waals surface area contributed by atoms with Gasteiger partial charge in [-0.3, -0.25) is 4.79 Å². The van der Waals surface area contributed by atoms with Crippen molar-refractivity contribution >= 4 is 17.7 Å². The Labute approximate surface area is 108 Å². The van der Waals surface area contributed by atoms with Gasteiger partial charge in [-0.25, -0.2) is 0 Å². The zero-order chi connectivity index (χ0) is 13.3. The molecule has 3 heteroatoms. The van der Waals surface area contributed by atoms with Crippen LogP contribution >= 0.6 is 11.8 Å². The first-order chi connectivity index (χ1) is 8.06. The van der Waals surface area contributed by atoms with E-state index in [1.165, 1.54) is 11.3 Å². The Balaban J connectivity index is 0.000000770. The molecule has 2 nitrogen and oxygen atoms in total. The monoisotopic (exact) mass is 254 g/mol. The average molecular weight is 254 g/mol. The lowest BCUT2D eigenvalue weighted by Crippen LogP contribution is -2.12. The summed E-state index contributed by atoms with van der Waals surface area (Å²) in [6.45, 7) is 5.99. The van der Waals surface area contributed by atoms with E-state index in [2.05, 4.69) is 13.8 Å². The van der Waals surface area contributed by atoms with Crippen LogP contribution in [0.25, 0.3) is 0 Å². The highest BCUT2D eigenvalue weighted by Gasteiger charge is 2.13. The second-order valence-electron chi connectivity index (χ2n) is 3.96. The van der Waals surface area contributed by atoms with Crippen LogP contribution in [-0.4, -0.2) is 17.3 Å². The molecule has 17 heavy (non-hydrogen) atoms. The molecular weight excluding hydrogens is 232 g/mol. The van der Waals surface area contributed by atoms with Gasteiger partial charge in [0.1, 0.15) is 0 Å². The van der Waals surface area contributed by atoms with Crippen LogP contribution in [-0.2, 0) is 11.2 Å². The smallest absolute Gasteiger partial charge is 0.306 e. The van der Waals surface area contributed by atoms with Gasteiger partial charge in [0.2, 0.25) is 0 Å². The highest BCUT2D eigenvalue weighted by molar-refractivity contribution is 7.98. The number of thioether (sulfide) groups is 1. The normalized spacial score (nSPS) is 11.3. The summed E-state index contributed by atoms with van der Waals surface area (Å²) in [5.41, 5.74) is 1.12. The van der Waals surface area contributed by atoms with Crippen LogP contribution in [0.5, 0.6) is 0 Å². The predicted octanol–water partition coefficient (Wildman–Crippen LogP) is 4.09. The molecular formula is C14H22O2S. The molecule has 0 radical (unpaired) electrons. The van der Waals surface area contributed by atoms with Crippen LogP contribution in [0.1, 0.15) is 32.8 Å². The van der Waals surface area contributed by atoms with Gasteiger partial charge in [0.15, 0.2) is 0 Å². The summed E-state index contributed by atoms with van der Waals surface area (Å²) in [6.07, 6.45) is 3.86.